The Kier molecular flexibility index (Phi) is 5.46. The fourth-order valence-corrected chi connectivity index (χ4v) is 1.24. The van der Waals surface area contributed by atoms with E-state index in [-0.39, 0.29) is 5.92 Å². The van der Waals surface area contributed by atoms with Gasteiger partial charge in [-0.2, -0.15) is 0 Å². The largest absolute Gasteiger partial charge is 0.393 e. The Morgan fingerprint density at radius 1 is 1.18 bits per heavy atom. The molecule has 0 aromatic rings. The number of rotatable bonds is 5. The zero-order valence-electron chi connectivity index (χ0n) is 7.33. The topological polar surface area (TPSA) is 66.5 Å². The van der Waals surface area contributed by atoms with Gasteiger partial charge in [0.2, 0.25) is 0 Å². The van der Waals surface area contributed by atoms with Gasteiger partial charge in [-0.3, -0.25) is 0 Å². The zero-order valence-corrected chi connectivity index (χ0v) is 7.33. The summed E-state index contributed by atoms with van der Waals surface area (Å²) >= 11 is 0. The predicted octanol–water partition coefficient (Wildman–Crippen LogP) is 0.103. The van der Waals surface area contributed by atoms with Gasteiger partial charge in [0.05, 0.1) is 12.2 Å². The van der Waals surface area contributed by atoms with Crippen LogP contribution in [-0.4, -0.2) is 29.0 Å². The summed E-state index contributed by atoms with van der Waals surface area (Å²) in [6.07, 6.45) is 0.773. The van der Waals surface area contributed by atoms with Crippen LogP contribution in [0.5, 0.6) is 0 Å². The van der Waals surface area contributed by atoms with Crippen molar-refractivity contribution in [2.75, 3.05) is 6.54 Å². The summed E-state index contributed by atoms with van der Waals surface area (Å²) in [5, 5.41) is 18.4. The lowest BCUT2D eigenvalue weighted by Crippen LogP contribution is -2.28. The smallest absolute Gasteiger partial charge is 0.0564 e. The molecule has 3 nitrogen and oxygen atoms in total. The molecular formula is C8H19NO2. The first-order chi connectivity index (χ1) is 5.09. The average molecular weight is 161 g/mol. The lowest BCUT2D eigenvalue weighted by Gasteiger charge is -2.22. The maximum absolute atomic E-state index is 9.21. The molecule has 0 amide bonds. The summed E-state index contributed by atoms with van der Waals surface area (Å²) in [5.74, 6) is -0.0291. The Bertz CT molecular complexity index is 86.1. The SMILES string of the molecule is CC(O)C(CCCN)C(C)O. The highest BCUT2D eigenvalue weighted by molar-refractivity contribution is 4.70. The van der Waals surface area contributed by atoms with Crippen molar-refractivity contribution in [1.29, 1.82) is 0 Å². The molecule has 0 heterocycles. The Morgan fingerprint density at radius 2 is 1.64 bits per heavy atom. The Balaban J connectivity index is 3.70. The predicted molar refractivity (Wildman–Crippen MR) is 45.1 cm³/mol. The molecule has 4 N–H and O–H groups in total. The second kappa shape index (κ2) is 5.52. The van der Waals surface area contributed by atoms with Crippen LogP contribution in [0.25, 0.3) is 0 Å². The van der Waals surface area contributed by atoms with Crippen molar-refractivity contribution < 1.29 is 10.2 Å². The number of aliphatic hydroxyl groups excluding tert-OH is 2. The number of hydrogen-bond donors (Lipinski definition) is 3. The Labute approximate surface area is 68.2 Å². The van der Waals surface area contributed by atoms with E-state index in [0.717, 1.165) is 12.8 Å². The molecule has 0 aliphatic carbocycles. The van der Waals surface area contributed by atoms with Crippen molar-refractivity contribution >= 4 is 0 Å². The van der Waals surface area contributed by atoms with Crippen LogP contribution in [0.4, 0.5) is 0 Å². The summed E-state index contributed by atoms with van der Waals surface area (Å²) < 4.78 is 0. The van der Waals surface area contributed by atoms with Gasteiger partial charge < -0.3 is 15.9 Å². The highest BCUT2D eigenvalue weighted by Crippen LogP contribution is 2.15. The van der Waals surface area contributed by atoms with Crippen molar-refractivity contribution in [3.63, 3.8) is 0 Å². The van der Waals surface area contributed by atoms with Crippen LogP contribution in [-0.2, 0) is 0 Å². The van der Waals surface area contributed by atoms with E-state index in [1.807, 2.05) is 0 Å². The monoisotopic (exact) mass is 161 g/mol. The first-order valence-electron chi connectivity index (χ1n) is 4.15. The minimum Gasteiger partial charge on any atom is -0.393 e. The van der Waals surface area contributed by atoms with Gasteiger partial charge in [-0.15, -0.1) is 0 Å². The van der Waals surface area contributed by atoms with Gasteiger partial charge in [0.25, 0.3) is 0 Å². The van der Waals surface area contributed by atoms with Crippen LogP contribution in [0, 0.1) is 5.92 Å². The molecule has 0 spiro atoms. The number of aliphatic hydroxyl groups is 2. The van der Waals surface area contributed by atoms with E-state index in [4.69, 9.17) is 5.73 Å². The fraction of sp³-hybridized carbons (Fsp3) is 1.00. The maximum Gasteiger partial charge on any atom is 0.0564 e. The molecule has 68 valence electrons. The van der Waals surface area contributed by atoms with Gasteiger partial charge in [-0.25, -0.2) is 0 Å². The first kappa shape index (κ1) is 10.9. The molecule has 2 unspecified atom stereocenters. The molecular weight excluding hydrogens is 142 g/mol. The third kappa shape index (κ3) is 4.35. The van der Waals surface area contributed by atoms with Gasteiger partial charge in [-0.1, -0.05) is 0 Å². The molecule has 0 rings (SSSR count). The van der Waals surface area contributed by atoms with Crippen LogP contribution >= 0.6 is 0 Å². The highest BCUT2D eigenvalue weighted by atomic mass is 16.3. The van der Waals surface area contributed by atoms with E-state index >= 15 is 0 Å². The number of nitrogens with two attached hydrogens (primary N) is 1. The summed E-state index contributed by atoms with van der Waals surface area (Å²) in [6, 6.07) is 0. The molecule has 0 saturated heterocycles. The normalized spacial score (nSPS) is 19.4. The third-order valence-electron chi connectivity index (χ3n) is 1.98. The van der Waals surface area contributed by atoms with Crippen molar-refractivity contribution in [3.05, 3.63) is 0 Å². The van der Waals surface area contributed by atoms with Gasteiger partial charge in [0.1, 0.15) is 0 Å². The summed E-state index contributed by atoms with van der Waals surface area (Å²) in [4.78, 5) is 0. The molecule has 11 heavy (non-hydrogen) atoms. The fourth-order valence-electron chi connectivity index (χ4n) is 1.24. The second-order valence-electron chi connectivity index (χ2n) is 3.08. The van der Waals surface area contributed by atoms with E-state index < -0.39 is 12.2 Å². The Hall–Kier alpha value is -0.120. The van der Waals surface area contributed by atoms with Crippen molar-refractivity contribution in [2.45, 2.75) is 38.9 Å². The van der Waals surface area contributed by atoms with E-state index in [1.54, 1.807) is 13.8 Å². The minimum absolute atomic E-state index is 0.0291. The quantitative estimate of drug-likeness (QED) is 0.536. The molecule has 0 aliphatic rings. The van der Waals surface area contributed by atoms with Crippen LogP contribution in [0.2, 0.25) is 0 Å². The lowest BCUT2D eigenvalue weighted by atomic mass is 9.93. The van der Waals surface area contributed by atoms with Gasteiger partial charge in [0.15, 0.2) is 0 Å². The summed E-state index contributed by atoms with van der Waals surface area (Å²) in [5.41, 5.74) is 5.31. The van der Waals surface area contributed by atoms with E-state index in [1.165, 1.54) is 0 Å². The molecule has 2 atom stereocenters. The molecule has 0 aromatic heterocycles. The Morgan fingerprint density at radius 3 is 1.91 bits per heavy atom. The molecule has 0 fully saturated rings. The zero-order chi connectivity index (χ0) is 8.85. The van der Waals surface area contributed by atoms with Gasteiger partial charge >= 0.3 is 0 Å². The van der Waals surface area contributed by atoms with Crippen LogP contribution in [0.15, 0.2) is 0 Å². The first-order valence-corrected chi connectivity index (χ1v) is 4.15. The maximum atomic E-state index is 9.21. The van der Waals surface area contributed by atoms with Gasteiger partial charge in [-0.05, 0) is 33.2 Å². The van der Waals surface area contributed by atoms with Crippen LogP contribution in [0.1, 0.15) is 26.7 Å². The number of hydrogen-bond acceptors (Lipinski definition) is 3. The van der Waals surface area contributed by atoms with Crippen LogP contribution in [0.3, 0.4) is 0 Å². The van der Waals surface area contributed by atoms with E-state index in [2.05, 4.69) is 0 Å². The van der Waals surface area contributed by atoms with Crippen LogP contribution < -0.4 is 5.73 Å². The van der Waals surface area contributed by atoms with E-state index in [0.29, 0.717) is 6.54 Å². The summed E-state index contributed by atoms with van der Waals surface area (Å²) in [6.45, 7) is 4.03. The van der Waals surface area contributed by atoms with Gasteiger partial charge in [0, 0.05) is 5.92 Å². The van der Waals surface area contributed by atoms with Crippen molar-refractivity contribution in [1.82, 2.24) is 0 Å². The van der Waals surface area contributed by atoms with Crippen molar-refractivity contribution in [2.24, 2.45) is 11.7 Å². The molecule has 0 saturated carbocycles. The van der Waals surface area contributed by atoms with Crippen molar-refractivity contribution in [3.8, 4) is 0 Å². The molecule has 0 radical (unpaired) electrons. The second-order valence-corrected chi connectivity index (χ2v) is 3.08. The molecule has 3 heteroatoms. The van der Waals surface area contributed by atoms with E-state index in [9.17, 15) is 10.2 Å². The average Bonchev–Trinajstić information content (AvgIpc) is 1.87. The lowest BCUT2D eigenvalue weighted by molar-refractivity contribution is 0.0266. The summed E-state index contributed by atoms with van der Waals surface area (Å²) in [7, 11) is 0. The highest BCUT2D eigenvalue weighted by Gasteiger charge is 2.19. The standard InChI is InChI=1S/C8H19NO2/c1-6(10)8(7(2)11)4-3-5-9/h6-8,10-11H,3-5,9H2,1-2H3. The molecule has 0 aromatic carbocycles. The molecule has 0 bridgehead atoms. The molecule has 0 aliphatic heterocycles. The minimum atomic E-state index is -0.443. The third-order valence-corrected chi connectivity index (χ3v) is 1.98.